The molecule has 2 aromatic carbocycles. The molecule has 1 saturated carbocycles. The Balaban J connectivity index is 1.49. The van der Waals surface area contributed by atoms with Crippen LogP contribution >= 0.6 is 0 Å². The van der Waals surface area contributed by atoms with E-state index in [1.54, 1.807) is 13.2 Å². The van der Waals surface area contributed by atoms with E-state index in [-0.39, 0.29) is 18.5 Å². The van der Waals surface area contributed by atoms with Crippen LogP contribution in [0.1, 0.15) is 38.3 Å². The van der Waals surface area contributed by atoms with Crippen molar-refractivity contribution < 1.29 is 28.5 Å². The van der Waals surface area contributed by atoms with Crippen molar-refractivity contribution in [2.45, 2.75) is 50.4 Å². The molecule has 0 unspecified atom stereocenters. The molecular weight excluding hydrogens is 422 g/mol. The topological polar surface area (TPSA) is 74.3 Å². The lowest BCUT2D eigenvalue weighted by Gasteiger charge is -2.29. The fourth-order valence-electron chi connectivity index (χ4n) is 5.73. The van der Waals surface area contributed by atoms with Gasteiger partial charge < -0.3 is 18.9 Å². The average Bonchev–Trinajstić information content (AvgIpc) is 3.03. The van der Waals surface area contributed by atoms with Gasteiger partial charge in [-0.3, -0.25) is 4.90 Å². The summed E-state index contributed by atoms with van der Waals surface area (Å²) in [5.41, 5.74) is 0.293. The van der Waals surface area contributed by atoms with Crippen molar-refractivity contribution in [3.63, 3.8) is 0 Å². The number of esters is 1. The van der Waals surface area contributed by atoms with Crippen molar-refractivity contribution in [3.8, 4) is 5.75 Å². The Morgan fingerprint density at radius 3 is 2.64 bits per heavy atom. The third-order valence-corrected chi connectivity index (χ3v) is 6.99. The highest BCUT2D eigenvalue weighted by Crippen LogP contribution is 2.77. The molecule has 2 fully saturated rings. The average molecular weight is 452 g/mol. The molecule has 0 N–H and O–H groups in total. The molecule has 7 heteroatoms. The molecule has 0 radical (unpaired) electrons. The maximum absolute atomic E-state index is 13.4. The van der Waals surface area contributed by atoms with Crippen molar-refractivity contribution >= 4 is 17.7 Å². The number of cyclic esters (lactones) is 1. The number of ether oxygens (including phenoxy) is 4. The Morgan fingerprint density at radius 1 is 1.18 bits per heavy atom. The number of amides is 1. The minimum atomic E-state index is -1.10. The fourth-order valence-corrected chi connectivity index (χ4v) is 5.73. The SMILES string of the molecule is COc1ccc2c(c1)[C@@]1(CCOCc3ccccc3)[C@@H]3COC(=O)[C@@]31N2C(=O)OC(C)(C)C. The number of anilines is 1. The maximum Gasteiger partial charge on any atom is 0.415 e. The maximum atomic E-state index is 13.4. The van der Waals surface area contributed by atoms with Crippen LogP contribution < -0.4 is 9.64 Å². The van der Waals surface area contributed by atoms with Crippen LogP contribution in [-0.2, 0) is 31.0 Å². The summed E-state index contributed by atoms with van der Waals surface area (Å²) in [5.74, 6) is 0.152. The standard InChI is InChI=1S/C26H29NO6/c1-24(2,3)33-23(29)27-20-11-10-18(30-4)14-19(20)25(21-16-32-22(28)26(21,25)27)12-13-31-15-17-8-6-5-7-9-17/h5-11,14,21H,12-13,15-16H2,1-4H3/t21-,25-,26-/m0/s1. The Hall–Kier alpha value is -3.06. The molecule has 5 rings (SSSR count). The molecule has 1 saturated heterocycles. The molecule has 0 bridgehead atoms. The minimum absolute atomic E-state index is 0.148. The van der Waals surface area contributed by atoms with E-state index in [0.717, 1.165) is 11.1 Å². The lowest BCUT2D eigenvalue weighted by atomic mass is 9.87. The second-order valence-corrected chi connectivity index (χ2v) is 9.88. The number of nitrogens with zero attached hydrogens (tertiary/aromatic N) is 1. The van der Waals surface area contributed by atoms with Crippen molar-refractivity contribution in [1.29, 1.82) is 0 Å². The van der Waals surface area contributed by atoms with Gasteiger partial charge in [0, 0.05) is 17.9 Å². The van der Waals surface area contributed by atoms with Crippen molar-refractivity contribution in [3.05, 3.63) is 59.7 Å². The smallest absolute Gasteiger partial charge is 0.415 e. The van der Waals surface area contributed by atoms with Gasteiger partial charge in [-0.25, -0.2) is 9.59 Å². The summed E-state index contributed by atoms with van der Waals surface area (Å²) in [6, 6.07) is 15.5. The second kappa shape index (κ2) is 7.48. The Morgan fingerprint density at radius 2 is 1.94 bits per heavy atom. The minimum Gasteiger partial charge on any atom is -0.497 e. The van der Waals surface area contributed by atoms with Crippen LogP contribution in [0.5, 0.6) is 5.75 Å². The molecular formula is C26H29NO6. The van der Waals surface area contributed by atoms with Crippen LogP contribution in [0.15, 0.2) is 48.5 Å². The van der Waals surface area contributed by atoms with Crippen molar-refractivity contribution in [2.75, 3.05) is 25.2 Å². The molecule has 2 heterocycles. The van der Waals surface area contributed by atoms with E-state index in [4.69, 9.17) is 18.9 Å². The Bertz CT molecular complexity index is 1090. The first kappa shape index (κ1) is 21.8. The highest BCUT2D eigenvalue weighted by Gasteiger charge is 2.91. The number of methoxy groups -OCH3 is 1. The highest BCUT2D eigenvalue weighted by molar-refractivity contribution is 6.10. The molecule has 1 amide bonds. The predicted octanol–water partition coefficient (Wildman–Crippen LogP) is 4.22. The van der Waals surface area contributed by atoms with Crippen LogP contribution in [0, 0.1) is 5.92 Å². The van der Waals surface area contributed by atoms with Crippen molar-refractivity contribution in [1.82, 2.24) is 0 Å². The monoisotopic (exact) mass is 451 g/mol. The largest absolute Gasteiger partial charge is 0.497 e. The van der Waals surface area contributed by atoms with Gasteiger partial charge in [0.05, 0.1) is 26.0 Å². The summed E-state index contributed by atoms with van der Waals surface area (Å²) in [6.07, 6.45) is 0.0429. The number of rotatable bonds is 6. The Kier molecular flexibility index (Phi) is 4.94. The zero-order valence-corrected chi connectivity index (χ0v) is 19.4. The number of hydrogen-bond acceptors (Lipinski definition) is 6. The van der Waals surface area contributed by atoms with Gasteiger partial charge in [-0.2, -0.15) is 0 Å². The lowest BCUT2D eigenvalue weighted by molar-refractivity contribution is -0.143. The summed E-state index contributed by atoms with van der Waals surface area (Å²) < 4.78 is 22.7. The van der Waals surface area contributed by atoms with E-state index >= 15 is 0 Å². The molecule has 33 heavy (non-hydrogen) atoms. The normalized spacial score (nSPS) is 26.8. The first-order chi connectivity index (χ1) is 15.8. The van der Waals surface area contributed by atoms with E-state index in [9.17, 15) is 9.59 Å². The summed E-state index contributed by atoms with van der Waals surface area (Å²) in [5, 5.41) is 0. The summed E-state index contributed by atoms with van der Waals surface area (Å²) in [4.78, 5) is 28.2. The van der Waals surface area contributed by atoms with Gasteiger partial charge >= 0.3 is 12.1 Å². The van der Waals surface area contributed by atoms with E-state index in [1.165, 1.54) is 4.90 Å². The number of fused-ring (bicyclic) bond motifs is 3. The highest BCUT2D eigenvalue weighted by atomic mass is 16.6. The summed E-state index contributed by atoms with van der Waals surface area (Å²) in [7, 11) is 1.61. The van der Waals surface area contributed by atoms with E-state index in [0.29, 0.717) is 31.1 Å². The van der Waals surface area contributed by atoms with Gasteiger partial charge in [0.1, 0.15) is 11.4 Å². The van der Waals surface area contributed by atoms with E-state index in [1.807, 2.05) is 63.2 Å². The van der Waals surface area contributed by atoms with Gasteiger partial charge in [-0.15, -0.1) is 0 Å². The van der Waals surface area contributed by atoms with Crippen LogP contribution in [0.2, 0.25) is 0 Å². The third kappa shape index (κ3) is 3.05. The zero-order valence-electron chi connectivity index (χ0n) is 19.4. The first-order valence-corrected chi connectivity index (χ1v) is 11.3. The number of benzene rings is 2. The zero-order chi connectivity index (χ0) is 23.4. The lowest BCUT2D eigenvalue weighted by Crippen LogP contribution is -2.50. The molecule has 0 aromatic heterocycles. The molecule has 7 nitrogen and oxygen atoms in total. The molecule has 1 aliphatic carbocycles. The molecule has 2 aromatic rings. The molecule has 1 spiro atoms. The van der Waals surface area contributed by atoms with E-state index < -0.39 is 22.6 Å². The molecule has 3 atom stereocenters. The van der Waals surface area contributed by atoms with Gasteiger partial charge in [0.2, 0.25) is 0 Å². The summed E-state index contributed by atoms with van der Waals surface area (Å²) >= 11 is 0. The molecule has 2 aliphatic heterocycles. The quantitative estimate of drug-likeness (QED) is 0.484. The fraction of sp³-hybridized carbons (Fsp3) is 0.462. The molecule has 3 aliphatic rings. The van der Waals surface area contributed by atoms with Crippen LogP contribution in [0.25, 0.3) is 0 Å². The van der Waals surface area contributed by atoms with Gasteiger partial charge in [0.15, 0.2) is 5.54 Å². The van der Waals surface area contributed by atoms with E-state index in [2.05, 4.69) is 0 Å². The number of carbonyl (C=O) groups is 2. The van der Waals surface area contributed by atoms with Crippen LogP contribution in [0.4, 0.5) is 10.5 Å². The summed E-state index contributed by atoms with van der Waals surface area (Å²) in [6.45, 7) is 6.65. The van der Waals surface area contributed by atoms with Crippen LogP contribution in [-0.4, -0.2) is 43.5 Å². The first-order valence-electron chi connectivity index (χ1n) is 11.3. The van der Waals surface area contributed by atoms with Gasteiger partial charge in [-0.05, 0) is 56.5 Å². The second-order valence-electron chi connectivity index (χ2n) is 9.88. The molecule has 174 valence electrons. The number of carbonyl (C=O) groups excluding carboxylic acids is 2. The number of hydrogen-bond donors (Lipinski definition) is 0. The van der Waals surface area contributed by atoms with Crippen molar-refractivity contribution in [2.24, 2.45) is 5.92 Å². The van der Waals surface area contributed by atoms with Gasteiger partial charge in [0.25, 0.3) is 0 Å². The van der Waals surface area contributed by atoms with Gasteiger partial charge in [-0.1, -0.05) is 30.3 Å². The van der Waals surface area contributed by atoms with Crippen LogP contribution in [0.3, 0.4) is 0 Å². The third-order valence-electron chi connectivity index (χ3n) is 6.99. The predicted molar refractivity (Wildman–Crippen MR) is 121 cm³/mol. The Labute approximate surface area is 193 Å².